The maximum Gasteiger partial charge on any atom is 0.265 e. The zero-order chi connectivity index (χ0) is 27.0. The van der Waals surface area contributed by atoms with Crippen LogP contribution in [0.4, 0.5) is 0 Å². The first-order valence-corrected chi connectivity index (χ1v) is 14.8. The molecule has 0 bridgehead atoms. The Bertz CT molecular complexity index is 1290. The molecule has 0 saturated heterocycles. The van der Waals surface area contributed by atoms with Gasteiger partial charge < -0.3 is 15.5 Å². The molecule has 3 aromatic rings. The number of aliphatic hydroxyl groups is 2. The fourth-order valence-electron chi connectivity index (χ4n) is 3.85. The molecule has 0 aliphatic heterocycles. The van der Waals surface area contributed by atoms with Gasteiger partial charge in [0.1, 0.15) is 0 Å². The van der Waals surface area contributed by atoms with E-state index in [0.29, 0.717) is 23.4 Å². The van der Waals surface area contributed by atoms with Gasteiger partial charge in [-0.1, -0.05) is 74.5 Å². The molecule has 3 aromatic carbocycles. The van der Waals surface area contributed by atoms with Crippen molar-refractivity contribution in [3.05, 3.63) is 89.5 Å². The molecule has 0 spiro atoms. The highest BCUT2D eigenvalue weighted by Gasteiger charge is 2.18. The van der Waals surface area contributed by atoms with Crippen LogP contribution in [0.25, 0.3) is 11.1 Å². The number of nitrogens with one attached hydrogen (secondary N) is 2. The van der Waals surface area contributed by atoms with Gasteiger partial charge in [0.25, 0.3) is 5.91 Å². The number of aliphatic hydroxyl groups excluding tert-OH is 2. The van der Waals surface area contributed by atoms with E-state index in [0.717, 1.165) is 28.5 Å². The number of sulfonamides is 1. The summed E-state index contributed by atoms with van der Waals surface area (Å²) in [5.41, 5.74) is 4.04. The van der Waals surface area contributed by atoms with Gasteiger partial charge in [-0.05, 0) is 40.8 Å². The molecule has 4 N–H and O–H groups in total. The Balaban J connectivity index is 0.00000507. The fraction of sp³-hybridized carbons (Fsp3) is 0.321. The van der Waals surface area contributed by atoms with Gasteiger partial charge in [0.15, 0.2) is 0 Å². The number of rotatable bonds is 12. The van der Waals surface area contributed by atoms with Gasteiger partial charge in [-0.15, -0.1) is 24.2 Å². The van der Waals surface area contributed by atoms with Crippen LogP contribution in [0.5, 0.6) is 0 Å². The lowest BCUT2D eigenvalue weighted by Crippen LogP contribution is -2.37. The van der Waals surface area contributed by atoms with E-state index < -0.39 is 22.0 Å². The predicted octanol–water partition coefficient (Wildman–Crippen LogP) is 4.19. The summed E-state index contributed by atoms with van der Waals surface area (Å²) in [6.07, 6.45) is 0.897. The third-order valence-corrected chi connectivity index (χ3v) is 7.26. The summed E-state index contributed by atoms with van der Waals surface area (Å²) in [6.45, 7) is 4.29. The zero-order valence-corrected chi connectivity index (χ0v) is 24.1. The average molecular weight is 579 g/mol. The number of carbonyl (C=O) groups excluding carboxylic acids is 1. The van der Waals surface area contributed by atoms with Crippen LogP contribution >= 0.6 is 24.2 Å². The van der Waals surface area contributed by atoms with Crippen LogP contribution in [0.15, 0.2) is 77.7 Å². The molecule has 3 rings (SSSR count). The Kier molecular flexibility index (Phi) is 12.3. The van der Waals surface area contributed by atoms with Crippen molar-refractivity contribution in [1.82, 2.24) is 10.0 Å². The second-order valence-corrected chi connectivity index (χ2v) is 12.6. The van der Waals surface area contributed by atoms with Gasteiger partial charge in [0, 0.05) is 22.7 Å². The molecule has 1 amide bonds. The molecule has 0 unspecified atom stereocenters. The molecule has 0 radical (unpaired) electrons. The van der Waals surface area contributed by atoms with E-state index in [9.17, 15) is 23.4 Å². The molecule has 0 fully saturated rings. The van der Waals surface area contributed by atoms with Crippen LogP contribution in [0.2, 0.25) is 0 Å². The Morgan fingerprint density at radius 1 is 0.974 bits per heavy atom. The quantitative estimate of drug-likeness (QED) is 0.238. The first kappa shape index (κ1) is 31.8. The number of carbonyl (C=O) groups is 1. The van der Waals surface area contributed by atoms with Crippen LogP contribution in [0, 0.1) is 0 Å². The van der Waals surface area contributed by atoms with Crippen molar-refractivity contribution in [2.45, 2.75) is 42.6 Å². The summed E-state index contributed by atoms with van der Waals surface area (Å²) < 4.78 is 25.1. The van der Waals surface area contributed by atoms with E-state index in [1.54, 1.807) is 12.1 Å². The van der Waals surface area contributed by atoms with Crippen molar-refractivity contribution in [3.63, 3.8) is 0 Å². The van der Waals surface area contributed by atoms with Crippen molar-refractivity contribution in [2.24, 2.45) is 0 Å². The summed E-state index contributed by atoms with van der Waals surface area (Å²) in [4.78, 5) is 13.2. The van der Waals surface area contributed by atoms with Crippen LogP contribution in [-0.2, 0) is 16.4 Å². The third kappa shape index (κ3) is 9.72. The van der Waals surface area contributed by atoms with E-state index >= 15 is 0 Å². The van der Waals surface area contributed by atoms with E-state index in [1.807, 2.05) is 79.2 Å². The third-order valence-electron chi connectivity index (χ3n) is 5.64. The molecule has 0 heterocycles. The highest BCUT2D eigenvalue weighted by Crippen LogP contribution is 2.32. The highest BCUT2D eigenvalue weighted by molar-refractivity contribution is 8.00. The summed E-state index contributed by atoms with van der Waals surface area (Å²) in [7, 11) is -3.67. The van der Waals surface area contributed by atoms with Crippen molar-refractivity contribution in [2.75, 3.05) is 19.4 Å². The second-order valence-electron chi connectivity index (χ2n) is 9.20. The molecule has 0 saturated carbocycles. The van der Waals surface area contributed by atoms with Crippen molar-refractivity contribution in [1.29, 1.82) is 0 Å². The predicted molar refractivity (Wildman–Crippen MR) is 156 cm³/mol. The van der Waals surface area contributed by atoms with Gasteiger partial charge in [0.05, 0.1) is 24.5 Å². The molecular formula is C28H35ClN2O5S2. The SMILES string of the molecule is CC(C)Sc1cc(-c2ccc(C[C@@H](CO)NC[C@H](O)c3ccccc3)cc2)ccc1C(=O)NS(C)(=O)=O.Cl. The standard InChI is InChI=1S/C28H34N2O5S2.ClH/c1-19(2)36-27-16-23(13-14-25(27)28(33)30-37(3,34)35)21-11-9-20(10-12-21)15-24(18-31)29-17-26(32)22-7-5-4-6-8-22;/h4-14,16,19,24,26,29,31-32H,15,17-18H2,1-3H3,(H,30,33);1H/t24-,26-;/m0./s1. The molecule has 38 heavy (non-hydrogen) atoms. The minimum Gasteiger partial charge on any atom is -0.395 e. The summed E-state index contributed by atoms with van der Waals surface area (Å²) in [5, 5.41) is 23.6. The lowest BCUT2D eigenvalue weighted by atomic mass is 9.99. The molecular weight excluding hydrogens is 544 g/mol. The van der Waals surface area contributed by atoms with Gasteiger partial charge >= 0.3 is 0 Å². The van der Waals surface area contributed by atoms with Gasteiger partial charge in [-0.3, -0.25) is 4.79 Å². The molecule has 206 valence electrons. The van der Waals surface area contributed by atoms with Gasteiger partial charge in [-0.2, -0.15) is 0 Å². The normalized spacial score (nSPS) is 13.0. The fourth-order valence-corrected chi connectivity index (χ4v) is 5.29. The Hall–Kier alpha value is -2.40. The van der Waals surface area contributed by atoms with Crippen LogP contribution in [0.3, 0.4) is 0 Å². The van der Waals surface area contributed by atoms with E-state index in [1.165, 1.54) is 11.8 Å². The van der Waals surface area contributed by atoms with Crippen molar-refractivity contribution >= 4 is 40.1 Å². The maximum absolute atomic E-state index is 12.5. The van der Waals surface area contributed by atoms with E-state index in [2.05, 4.69) is 5.32 Å². The zero-order valence-electron chi connectivity index (χ0n) is 21.6. The lowest BCUT2D eigenvalue weighted by molar-refractivity contribution is 0.0979. The van der Waals surface area contributed by atoms with E-state index in [-0.39, 0.29) is 30.3 Å². The minimum atomic E-state index is -3.67. The number of benzene rings is 3. The molecule has 10 heteroatoms. The first-order chi connectivity index (χ1) is 17.6. The molecule has 0 aromatic heterocycles. The average Bonchev–Trinajstić information content (AvgIpc) is 2.85. The van der Waals surface area contributed by atoms with Crippen LogP contribution in [0.1, 0.15) is 41.4 Å². The summed E-state index contributed by atoms with van der Waals surface area (Å²) in [5.74, 6) is -0.646. The Labute approximate surface area is 235 Å². The monoisotopic (exact) mass is 578 g/mol. The van der Waals surface area contributed by atoms with Crippen molar-refractivity contribution < 1.29 is 23.4 Å². The topological polar surface area (TPSA) is 116 Å². The minimum absolute atomic E-state index is 0. The molecule has 7 nitrogen and oxygen atoms in total. The number of hydrogen-bond donors (Lipinski definition) is 4. The van der Waals surface area contributed by atoms with Gasteiger partial charge in [0.2, 0.25) is 10.0 Å². The Morgan fingerprint density at radius 2 is 1.61 bits per heavy atom. The largest absolute Gasteiger partial charge is 0.395 e. The second kappa shape index (κ2) is 14.7. The maximum atomic E-state index is 12.5. The Morgan fingerprint density at radius 3 is 2.18 bits per heavy atom. The van der Waals surface area contributed by atoms with Crippen LogP contribution < -0.4 is 10.0 Å². The first-order valence-electron chi connectivity index (χ1n) is 12.0. The lowest BCUT2D eigenvalue weighted by Gasteiger charge is -2.19. The smallest absolute Gasteiger partial charge is 0.265 e. The number of amides is 1. The van der Waals surface area contributed by atoms with Crippen molar-refractivity contribution in [3.8, 4) is 11.1 Å². The number of thioether (sulfide) groups is 1. The van der Waals surface area contributed by atoms with Gasteiger partial charge in [-0.25, -0.2) is 13.1 Å². The molecule has 0 aliphatic carbocycles. The molecule has 0 aliphatic rings. The number of hydrogen-bond acceptors (Lipinski definition) is 7. The number of halogens is 1. The van der Waals surface area contributed by atoms with E-state index in [4.69, 9.17) is 0 Å². The molecule has 2 atom stereocenters. The highest BCUT2D eigenvalue weighted by atomic mass is 35.5. The van der Waals surface area contributed by atoms with Crippen LogP contribution in [-0.4, -0.2) is 55.2 Å². The summed E-state index contributed by atoms with van der Waals surface area (Å²) in [6, 6.07) is 22.5. The summed E-state index contributed by atoms with van der Waals surface area (Å²) >= 11 is 1.50.